The predicted octanol–water partition coefficient (Wildman–Crippen LogP) is 6.16. The second-order valence-electron chi connectivity index (χ2n) is 6.85. The third-order valence-corrected chi connectivity index (χ3v) is 5.30. The number of nitrogens with one attached hydrogen (secondary N) is 3. The molecule has 0 unspecified atom stereocenters. The molecule has 146 valence electrons. The topological polar surface area (TPSA) is 77.9 Å². The van der Waals surface area contributed by atoms with E-state index >= 15 is 0 Å². The molecule has 1 heterocycles. The Balaban J connectivity index is 1.68. The highest BCUT2D eigenvalue weighted by molar-refractivity contribution is 6.38. The van der Waals surface area contributed by atoms with Gasteiger partial charge in [-0.25, -0.2) is 4.98 Å². The van der Waals surface area contributed by atoms with Crippen molar-refractivity contribution in [3.05, 3.63) is 82.0 Å². The number of carbonyl (C=O) groups is 1. The maximum Gasteiger partial charge on any atom is 0.258 e. The number of para-hydroxylation sites is 1. The molecule has 5 nitrogen and oxygen atoms in total. The molecule has 3 aromatic rings. The van der Waals surface area contributed by atoms with Gasteiger partial charge in [-0.15, -0.1) is 0 Å². The van der Waals surface area contributed by atoms with Crippen LogP contribution in [0.3, 0.4) is 0 Å². The highest BCUT2D eigenvalue weighted by Gasteiger charge is 2.32. The van der Waals surface area contributed by atoms with Gasteiger partial charge in [0.2, 0.25) is 0 Å². The third-order valence-electron chi connectivity index (χ3n) is 4.65. The number of hydrogen-bond donors (Lipinski definition) is 3. The molecule has 3 N–H and O–H groups in total. The summed E-state index contributed by atoms with van der Waals surface area (Å²) in [6.07, 6.45) is 3.32. The maximum absolute atomic E-state index is 12.8. The van der Waals surface area contributed by atoms with Crippen LogP contribution in [0.2, 0.25) is 10.0 Å². The molecule has 0 radical (unpaired) electrons. The summed E-state index contributed by atoms with van der Waals surface area (Å²) < 4.78 is 0. The van der Waals surface area contributed by atoms with Crippen LogP contribution in [-0.4, -0.2) is 16.6 Å². The van der Waals surface area contributed by atoms with Crippen molar-refractivity contribution < 1.29 is 4.79 Å². The van der Waals surface area contributed by atoms with E-state index in [1.165, 1.54) is 6.20 Å². The standard InChI is InChI=1S/C22H18Cl2N4O/c23-14-8-10-16(11-9-14)28-22(29)17-12-26-21(27-15-4-2-1-3-5-15)18(19(17)24)20(25)13-6-7-13/h1-5,8-13,25H,6-7H2,(H,26,27)(H,28,29). The Hall–Kier alpha value is -2.89. The largest absolute Gasteiger partial charge is 0.340 e. The van der Waals surface area contributed by atoms with Crippen molar-refractivity contribution in [2.45, 2.75) is 12.8 Å². The van der Waals surface area contributed by atoms with Gasteiger partial charge in [0.1, 0.15) is 5.82 Å². The number of halogens is 2. The smallest absolute Gasteiger partial charge is 0.258 e. The minimum absolute atomic E-state index is 0.153. The lowest BCUT2D eigenvalue weighted by molar-refractivity contribution is 0.102. The molecule has 1 aliphatic rings. The van der Waals surface area contributed by atoms with Crippen LogP contribution in [0.4, 0.5) is 17.2 Å². The van der Waals surface area contributed by atoms with Crippen molar-refractivity contribution in [2.75, 3.05) is 10.6 Å². The molecular weight excluding hydrogens is 407 g/mol. The van der Waals surface area contributed by atoms with Crippen LogP contribution in [0, 0.1) is 11.3 Å². The zero-order valence-electron chi connectivity index (χ0n) is 15.4. The number of benzene rings is 2. The molecule has 0 aliphatic heterocycles. The molecule has 0 bridgehead atoms. The number of nitrogens with zero attached hydrogens (tertiary/aromatic N) is 1. The number of carbonyl (C=O) groups excluding carboxylic acids is 1. The Labute approximate surface area is 178 Å². The Morgan fingerprint density at radius 3 is 2.34 bits per heavy atom. The molecule has 29 heavy (non-hydrogen) atoms. The number of pyridine rings is 1. The monoisotopic (exact) mass is 424 g/mol. The van der Waals surface area contributed by atoms with Crippen LogP contribution in [0.1, 0.15) is 28.8 Å². The predicted molar refractivity (Wildman–Crippen MR) is 118 cm³/mol. The zero-order valence-corrected chi connectivity index (χ0v) is 16.9. The van der Waals surface area contributed by atoms with Crippen molar-refractivity contribution in [2.24, 2.45) is 5.92 Å². The van der Waals surface area contributed by atoms with Crippen LogP contribution in [0.5, 0.6) is 0 Å². The van der Waals surface area contributed by atoms with E-state index in [0.717, 1.165) is 18.5 Å². The molecule has 0 spiro atoms. The van der Waals surface area contributed by atoms with E-state index in [1.807, 2.05) is 30.3 Å². The second-order valence-corrected chi connectivity index (χ2v) is 7.66. The minimum Gasteiger partial charge on any atom is -0.340 e. The highest BCUT2D eigenvalue weighted by Crippen LogP contribution is 2.38. The van der Waals surface area contributed by atoms with Gasteiger partial charge in [-0.05, 0) is 49.2 Å². The van der Waals surface area contributed by atoms with E-state index in [0.29, 0.717) is 27.8 Å². The number of amides is 1. The highest BCUT2D eigenvalue weighted by atomic mass is 35.5. The van der Waals surface area contributed by atoms with E-state index < -0.39 is 0 Å². The summed E-state index contributed by atoms with van der Waals surface area (Å²) in [6, 6.07) is 16.3. The number of aromatic nitrogens is 1. The Morgan fingerprint density at radius 2 is 1.69 bits per heavy atom. The lowest BCUT2D eigenvalue weighted by atomic mass is 10.0. The first-order chi connectivity index (χ1) is 14.0. The van der Waals surface area contributed by atoms with E-state index in [1.54, 1.807) is 24.3 Å². The molecule has 1 saturated carbocycles. The maximum atomic E-state index is 12.8. The summed E-state index contributed by atoms with van der Waals surface area (Å²) >= 11 is 12.5. The fourth-order valence-corrected chi connectivity index (χ4v) is 3.41. The first kappa shape index (κ1) is 19.4. The van der Waals surface area contributed by atoms with Crippen molar-refractivity contribution in [3.63, 3.8) is 0 Å². The molecule has 1 amide bonds. The van der Waals surface area contributed by atoms with Gasteiger partial charge in [0.15, 0.2) is 0 Å². The van der Waals surface area contributed by atoms with Crippen LogP contribution in [0.15, 0.2) is 60.8 Å². The van der Waals surface area contributed by atoms with Gasteiger partial charge in [-0.1, -0.05) is 41.4 Å². The normalized spacial score (nSPS) is 13.0. The molecule has 1 aromatic heterocycles. The third kappa shape index (κ3) is 4.42. The van der Waals surface area contributed by atoms with Gasteiger partial charge < -0.3 is 16.0 Å². The second kappa shape index (κ2) is 8.23. The van der Waals surface area contributed by atoms with Crippen LogP contribution < -0.4 is 10.6 Å². The molecule has 1 aliphatic carbocycles. The first-order valence-corrected chi connectivity index (χ1v) is 9.95. The summed E-state index contributed by atoms with van der Waals surface area (Å²) in [5.74, 6) is 0.238. The van der Waals surface area contributed by atoms with Crippen molar-refractivity contribution in [3.8, 4) is 0 Å². The van der Waals surface area contributed by atoms with Gasteiger partial charge in [0, 0.05) is 34.2 Å². The lowest BCUT2D eigenvalue weighted by Crippen LogP contribution is -2.17. The molecular formula is C22H18Cl2N4O. The Kier molecular flexibility index (Phi) is 5.51. The molecule has 7 heteroatoms. The van der Waals surface area contributed by atoms with Gasteiger partial charge in [0.25, 0.3) is 5.91 Å². The number of anilines is 3. The van der Waals surface area contributed by atoms with Crippen LogP contribution in [0.25, 0.3) is 0 Å². The zero-order chi connectivity index (χ0) is 20.4. The van der Waals surface area contributed by atoms with Crippen molar-refractivity contribution in [1.82, 2.24) is 4.98 Å². The molecule has 1 fully saturated rings. The quantitative estimate of drug-likeness (QED) is 0.414. The van der Waals surface area contributed by atoms with Crippen LogP contribution >= 0.6 is 23.2 Å². The average molecular weight is 425 g/mol. The summed E-state index contributed by atoms with van der Waals surface area (Å²) in [7, 11) is 0. The van der Waals surface area contributed by atoms with Crippen molar-refractivity contribution >= 4 is 52.0 Å². The minimum atomic E-state index is -0.388. The summed E-state index contributed by atoms with van der Waals surface area (Å²) in [5, 5.41) is 15.4. The van der Waals surface area contributed by atoms with Gasteiger partial charge in [0.05, 0.1) is 16.1 Å². The van der Waals surface area contributed by atoms with Crippen molar-refractivity contribution in [1.29, 1.82) is 5.41 Å². The molecule has 0 atom stereocenters. The molecule has 0 saturated heterocycles. The lowest BCUT2D eigenvalue weighted by Gasteiger charge is -2.16. The van der Waals surface area contributed by atoms with Gasteiger partial charge in [-0.3, -0.25) is 4.79 Å². The Bertz CT molecular complexity index is 1060. The first-order valence-electron chi connectivity index (χ1n) is 9.19. The fourth-order valence-electron chi connectivity index (χ4n) is 2.95. The number of hydrogen-bond acceptors (Lipinski definition) is 4. The van der Waals surface area contributed by atoms with E-state index in [4.69, 9.17) is 28.6 Å². The fraction of sp³-hybridized carbons (Fsp3) is 0.136. The molecule has 2 aromatic carbocycles. The van der Waals surface area contributed by atoms with E-state index in [-0.39, 0.29) is 22.4 Å². The van der Waals surface area contributed by atoms with Gasteiger partial charge >= 0.3 is 0 Å². The van der Waals surface area contributed by atoms with E-state index in [2.05, 4.69) is 15.6 Å². The summed E-state index contributed by atoms with van der Waals surface area (Å²) in [6.45, 7) is 0. The average Bonchev–Trinajstić information content (AvgIpc) is 3.56. The number of rotatable bonds is 6. The van der Waals surface area contributed by atoms with Crippen LogP contribution in [-0.2, 0) is 0 Å². The summed E-state index contributed by atoms with van der Waals surface area (Å²) in [5.41, 5.74) is 2.53. The Morgan fingerprint density at radius 1 is 1.00 bits per heavy atom. The summed E-state index contributed by atoms with van der Waals surface area (Å²) in [4.78, 5) is 17.2. The molecule has 4 rings (SSSR count). The van der Waals surface area contributed by atoms with E-state index in [9.17, 15) is 4.79 Å². The van der Waals surface area contributed by atoms with Gasteiger partial charge in [-0.2, -0.15) is 0 Å². The SMILES string of the molecule is N=C(c1c(Nc2ccccc2)ncc(C(=O)Nc2ccc(Cl)cc2)c1Cl)C1CC1.